The number of rotatable bonds is 4. The van der Waals surface area contributed by atoms with E-state index in [0.717, 1.165) is 10.6 Å². The van der Waals surface area contributed by atoms with Crippen LogP contribution < -0.4 is 5.43 Å². The Morgan fingerprint density at radius 3 is 2.57 bits per heavy atom. The lowest BCUT2D eigenvalue weighted by Crippen LogP contribution is -2.54. The Labute approximate surface area is 134 Å². The quantitative estimate of drug-likeness (QED) is 0.503. The van der Waals surface area contributed by atoms with Gasteiger partial charge in [-0.05, 0) is 11.6 Å². The zero-order chi connectivity index (χ0) is 16.5. The fraction of sp³-hybridized carbons (Fsp3) is 0.312. The summed E-state index contributed by atoms with van der Waals surface area (Å²) >= 11 is 0. The predicted molar refractivity (Wildman–Crippen MR) is 84.2 cm³/mol. The second-order valence-corrected chi connectivity index (χ2v) is 4.88. The highest BCUT2D eigenvalue weighted by molar-refractivity contribution is 5.94. The van der Waals surface area contributed by atoms with Crippen LogP contribution in [0.15, 0.2) is 36.4 Å². The molecule has 1 heterocycles. The summed E-state index contributed by atoms with van der Waals surface area (Å²) in [6.07, 6.45) is 3.51. The monoisotopic (exact) mass is 317 g/mol. The molecule has 0 unspecified atom stereocenters. The Bertz CT molecular complexity index is 568. The van der Waals surface area contributed by atoms with Crippen LogP contribution in [-0.4, -0.2) is 61.0 Å². The molecule has 1 N–H and O–H groups in total. The van der Waals surface area contributed by atoms with Crippen molar-refractivity contribution in [3.63, 3.8) is 0 Å². The third-order valence-electron chi connectivity index (χ3n) is 3.27. The molecule has 7 nitrogen and oxygen atoms in total. The molecule has 0 saturated carbocycles. The standard InChI is InChI=1S/C16H19N3O4/c20-11-8-19(17-16(22)18-9-12-23-13-10-18)15(21)7-6-14-4-2-1-3-5-14/h1-7,11H,8-10,12-13H2,(H,17,22). The fourth-order valence-corrected chi connectivity index (χ4v) is 2.04. The summed E-state index contributed by atoms with van der Waals surface area (Å²) in [6, 6.07) is 8.86. The molecule has 1 aliphatic heterocycles. The van der Waals surface area contributed by atoms with Gasteiger partial charge in [-0.3, -0.25) is 4.79 Å². The zero-order valence-corrected chi connectivity index (χ0v) is 12.7. The van der Waals surface area contributed by atoms with Gasteiger partial charge in [-0.2, -0.15) is 0 Å². The smallest absolute Gasteiger partial charge is 0.336 e. The van der Waals surface area contributed by atoms with E-state index < -0.39 is 11.9 Å². The summed E-state index contributed by atoms with van der Waals surface area (Å²) in [5.74, 6) is -0.470. The highest BCUT2D eigenvalue weighted by Gasteiger charge is 2.20. The first-order valence-corrected chi connectivity index (χ1v) is 7.32. The number of carbonyl (C=O) groups excluding carboxylic acids is 3. The number of nitrogens with zero attached hydrogens (tertiary/aromatic N) is 2. The topological polar surface area (TPSA) is 79.0 Å². The molecule has 2 rings (SSSR count). The average molecular weight is 317 g/mol. The van der Waals surface area contributed by atoms with Crippen molar-refractivity contribution in [1.29, 1.82) is 0 Å². The molecule has 0 spiro atoms. The summed E-state index contributed by atoms with van der Waals surface area (Å²) in [5, 5.41) is 0.990. The van der Waals surface area contributed by atoms with Gasteiger partial charge >= 0.3 is 6.03 Å². The van der Waals surface area contributed by atoms with E-state index >= 15 is 0 Å². The van der Waals surface area contributed by atoms with Crippen molar-refractivity contribution in [3.05, 3.63) is 42.0 Å². The summed E-state index contributed by atoms with van der Waals surface area (Å²) in [5.41, 5.74) is 3.31. The van der Waals surface area contributed by atoms with Crippen LogP contribution >= 0.6 is 0 Å². The molecule has 0 radical (unpaired) electrons. The third-order valence-corrected chi connectivity index (χ3v) is 3.27. The maximum atomic E-state index is 12.1. The van der Waals surface area contributed by atoms with E-state index in [0.29, 0.717) is 32.6 Å². The van der Waals surface area contributed by atoms with E-state index in [4.69, 9.17) is 4.74 Å². The van der Waals surface area contributed by atoms with Crippen LogP contribution in [0.2, 0.25) is 0 Å². The van der Waals surface area contributed by atoms with Crippen LogP contribution in [0, 0.1) is 0 Å². The molecule has 0 aliphatic carbocycles. The van der Waals surface area contributed by atoms with Crippen LogP contribution in [0.4, 0.5) is 4.79 Å². The largest absolute Gasteiger partial charge is 0.378 e. The Morgan fingerprint density at radius 1 is 1.22 bits per heavy atom. The fourth-order valence-electron chi connectivity index (χ4n) is 2.04. The van der Waals surface area contributed by atoms with E-state index in [1.165, 1.54) is 11.0 Å². The van der Waals surface area contributed by atoms with Crippen molar-refractivity contribution in [2.24, 2.45) is 0 Å². The van der Waals surface area contributed by atoms with Gasteiger partial charge in [-0.15, -0.1) is 0 Å². The molecule has 7 heteroatoms. The van der Waals surface area contributed by atoms with E-state index in [9.17, 15) is 14.4 Å². The first-order valence-electron chi connectivity index (χ1n) is 7.32. The molecule has 1 saturated heterocycles. The number of carbonyl (C=O) groups is 3. The minimum Gasteiger partial charge on any atom is -0.378 e. The van der Waals surface area contributed by atoms with E-state index in [-0.39, 0.29) is 6.54 Å². The lowest BCUT2D eigenvalue weighted by molar-refractivity contribution is -0.130. The number of aldehydes is 1. The number of nitrogens with one attached hydrogen (secondary N) is 1. The van der Waals surface area contributed by atoms with Gasteiger partial charge in [0.25, 0.3) is 5.91 Å². The Kier molecular flexibility index (Phi) is 6.31. The molecule has 1 aromatic rings. The van der Waals surface area contributed by atoms with Crippen LogP contribution in [0.25, 0.3) is 6.08 Å². The van der Waals surface area contributed by atoms with Crippen molar-refractivity contribution >= 4 is 24.3 Å². The summed E-state index contributed by atoms with van der Waals surface area (Å²) in [7, 11) is 0. The average Bonchev–Trinajstić information content (AvgIpc) is 2.61. The highest BCUT2D eigenvalue weighted by atomic mass is 16.5. The van der Waals surface area contributed by atoms with Gasteiger partial charge in [0.05, 0.1) is 19.8 Å². The molecule has 122 valence electrons. The van der Waals surface area contributed by atoms with Crippen LogP contribution in [0.1, 0.15) is 5.56 Å². The van der Waals surface area contributed by atoms with Crippen molar-refractivity contribution < 1.29 is 19.1 Å². The summed E-state index contributed by atoms with van der Waals surface area (Å²) in [4.78, 5) is 36.5. The number of amides is 3. The maximum absolute atomic E-state index is 12.1. The first-order chi connectivity index (χ1) is 11.2. The van der Waals surface area contributed by atoms with Crippen LogP contribution in [-0.2, 0) is 14.3 Å². The predicted octanol–water partition coefficient (Wildman–Crippen LogP) is 0.684. The molecule has 0 aromatic heterocycles. The molecule has 1 fully saturated rings. The Hall–Kier alpha value is -2.67. The van der Waals surface area contributed by atoms with Crippen molar-refractivity contribution in [1.82, 2.24) is 15.3 Å². The van der Waals surface area contributed by atoms with Gasteiger partial charge in [0.1, 0.15) is 6.29 Å². The van der Waals surface area contributed by atoms with E-state index in [1.807, 2.05) is 30.3 Å². The molecule has 1 aliphatic rings. The van der Waals surface area contributed by atoms with Crippen LogP contribution in [0.3, 0.4) is 0 Å². The van der Waals surface area contributed by atoms with Gasteiger partial charge in [0.15, 0.2) is 0 Å². The number of benzene rings is 1. The molecule has 0 bridgehead atoms. The molecule has 0 atom stereocenters. The summed E-state index contributed by atoms with van der Waals surface area (Å²) in [6.45, 7) is 1.61. The Balaban J connectivity index is 1.96. The number of ether oxygens (including phenoxy) is 1. The zero-order valence-electron chi connectivity index (χ0n) is 12.7. The van der Waals surface area contributed by atoms with Gasteiger partial charge in [-0.25, -0.2) is 15.2 Å². The van der Waals surface area contributed by atoms with E-state index in [2.05, 4.69) is 5.43 Å². The number of morpholine rings is 1. The normalized spacial score (nSPS) is 14.5. The number of urea groups is 1. The van der Waals surface area contributed by atoms with Gasteiger partial charge in [-0.1, -0.05) is 30.3 Å². The van der Waals surface area contributed by atoms with Crippen molar-refractivity contribution in [2.75, 3.05) is 32.8 Å². The molecular formula is C16H19N3O4. The summed E-state index contributed by atoms with van der Waals surface area (Å²) < 4.78 is 5.17. The molecular weight excluding hydrogens is 298 g/mol. The lowest BCUT2D eigenvalue weighted by Gasteiger charge is -2.29. The van der Waals surface area contributed by atoms with Gasteiger partial charge in [0, 0.05) is 19.2 Å². The van der Waals surface area contributed by atoms with Gasteiger partial charge in [0.2, 0.25) is 0 Å². The van der Waals surface area contributed by atoms with E-state index in [1.54, 1.807) is 6.08 Å². The molecule has 3 amide bonds. The van der Waals surface area contributed by atoms with Crippen LogP contribution in [0.5, 0.6) is 0 Å². The lowest BCUT2D eigenvalue weighted by atomic mass is 10.2. The second kappa shape index (κ2) is 8.70. The molecule has 1 aromatic carbocycles. The first kappa shape index (κ1) is 16.7. The number of hydrogen-bond donors (Lipinski definition) is 1. The Morgan fingerprint density at radius 2 is 1.91 bits per heavy atom. The minimum absolute atomic E-state index is 0.214. The number of hydrazine groups is 1. The minimum atomic E-state index is -0.470. The van der Waals surface area contributed by atoms with Crippen molar-refractivity contribution in [2.45, 2.75) is 0 Å². The van der Waals surface area contributed by atoms with Crippen molar-refractivity contribution in [3.8, 4) is 0 Å². The molecule has 23 heavy (non-hydrogen) atoms. The second-order valence-electron chi connectivity index (χ2n) is 4.88. The third kappa shape index (κ3) is 5.23. The van der Waals surface area contributed by atoms with Gasteiger partial charge < -0.3 is 14.4 Å². The SMILES string of the molecule is O=CCN(NC(=O)N1CCOCC1)C(=O)C=Cc1ccccc1. The highest BCUT2D eigenvalue weighted by Crippen LogP contribution is 2.02. The number of hydrogen-bond acceptors (Lipinski definition) is 4. The maximum Gasteiger partial charge on any atom is 0.336 e.